The summed E-state index contributed by atoms with van der Waals surface area (Å²) in [5.74, 6) is 0.902. The molecule has 21 heavy (non-hydrogen) atoms. The smallest absolute Gasteiger partial charge is 0.131 e. The summed E-state index contributed by atoms with van der Waals surface area (Å²) in [6.45, 7) is 4.15. The number of pyridine rings is 1. The number of hydrogen-bond donors (Lipinski definition) is 1. The second kappa shape index (κ2) is 5.92. The van der Waals surface area contributed by atoms with Crippen LogP contribution in [0, 0.1) is 6.92 Å². The van der Waals surface area contributed by atoms with Gasteiger partial charge in [-0.05, 0) is 56.7 Å². The van der Waals surface area contributed by atoms with Crippen molar-refractivity contribution in [2.45, 2.75) is 58.5 Å². The van der Waals surface area contributed by atoms with Gasteiger partial charge in [0.25, 0.3) is 0 Å². The predicted octanol–water partition coefficient (Wildman–Crippen LogP) is 4.40. The maximum absolute atomic E-state index is 6.42. The molecule has 3 rings (SSSR count). The molecule has 0 saturated heterocycles. The number of rotatable bonds is 3. The van der Waals surface area contributed by atoms with E-state index in [0.29, 0.717) is 6.10 Å². The minimum Gasteiger partial charge on any atom is -0.490 e. The number of benzene rings is 1. The van der Waals surface area contributed by atoms with Crippen LogP contribution in [0.25, 0.3) is 10.9 Å². The van der Waals surface area contributed by atoms with E-state index in [-0.39, 0.29) is 0 Å². The van der Waals surface area contributed by atoms with E-state index in [4.69, 9.17) is 15.5 Å². The van der Waals surface area contributed by atoms with Crippen molar-refractivity contribution in [3.8, 4) is 5.75 Å². The number of aryl methyl sites for hydroxylation is 1. The molecule has 0 aliphatic heterocycles. The van der Waals surface area contributed by atoms with Crippen LogP contribution in [-0.2, 0) is 6.42 Å². The van der Waals surface area contributed by atoms with Gasteiger partial charge in [-0.15, -0.1) is 0 Å². The van der Waals surface area contributed by atoms with Crippen molar-refractivity contribution in [3.63, 3.8) is 0 Å². The van der Waals surface area contributed by atoms with Crippen molar-refractivity contribution < 1.29 is 4.74 Å². The van der Waals surface area contributed by atoms with E-state index >= 15 is 0 Å². The third-order valence-electron chi connectivity index (χ3n) is 4.52. The molecule has 1 heterocycles. The molecule has 1 saturated carbocycles. The molecule has 0 unspecified atom stereocenters. The molecule has 1 aliphatic carbocycles. The lowest BCUT2D eigenvalue weighted by atomic mass is 9.97. The SMILES string of the molecule is CCc1c(C)nc2cccc(OC3CCCCC3)c2c1N. The normalized spacial score (nSPS) is 16.3. The topological polar surface area (TPSA) is 48.1 Å². The fourth-order valence-corrected chi connectivity index (χ4v) is 3.38. The number of nitrogens with two attached hydrogens (primary N) is 1. The van der Waals surface area contributed by atoms with Gasteiger partial charge in [0.05, 0.1) is 17.0 Å². The number of hydrogen-bond acceptors (Lipinski definition) is 3. The van der Waals surface area contributed by atoms with E-state index in [1.165, 1.54) is 19.3 Å². The fraction of sp³-hybridized carbons (Fsp3) is 0.500. The predicted molar refractivity (Wildman–Crippen MR) is 87.8 cm³/mol. The standard InChI is InChI=1S/C18H24N2O/c1-3-14-12(2)20-15-10-7-11-16(17(15)18(14)19)21-13-8-5-4-6-9-13/h7,10-11,13H,3-6,8-9H2,1-2H3,(H2,19,20). The molecule has 0 spiro atoms. The molecule has 0 atom stereocenters. The first-order valence-corrected chi connectivity index (χ1v) is 8.05. The van der Waals surface area contributed by atoms with Crippen LogP contribution in [-0.4, -0.2) is 11.1 Å². The zero-order valence-electron chi connectivity index (χ0n) is 13.0. The lowest BCUT2D eigenvalue weighted by molar-refractivity contribution is 0.157. The summed E-state index contributed by atoms with van der Waals surface area (Å²) in [4.78, 5) is 4.70. The summed E-state index contributed by atoms with van der Waals surface area (Å²) >= 11 is 0. The van der Waals surface area contributed by atoms with Gasteiger partial charge in [0.2, 0.25) is 0 Å². The first kappa shape index (κ1) is 14.2. The molecule has 1 aromatic heterocycles. The van der Waals surface area contributed by atoms with Gasteiger partial charge in [0.1, 0.15) is 5.75 Å². The number of aromatic nitrogens is 1. The summed E-state index contributed by atoms with van der Waals surface area (Å²) < 4.78 is 6.27. The Hall–Kier alpha value is -1.77. The molecule has 1 fully saturated rings. The van der Waals surface area contributed by atoms with Crippen LogP contribution >= 0.6 is 0 Å². The summed E-state index contributed by atoms with van der Waals surface area (Å²) in [5.41, 5.74) is 10.4. The Kier molecular flexibility index (Phi) is 4.00. The molecule has 1 aromatic carbocycles. The molecule has 3 nitrogen and oxygen atoms in total. The lowest BCUT2D eigenvalue weighted by Gasteiger charge is -2.24. The van der Waals surface area contributed by atoms with Gasteiger partial charge in [-0.1, -0.05) is 19.4 Å². The second-order valence-electron chi connectivity index (χ2n) is 5.97. The van der Waals surface area contributed by atoms with E-state index < -0.39 is 0 Å². The van der Waals surface area contributed by atoms with Crippen LogP contribution in [0.2, 0.25) is 0 Å². The van der Waals surface area contributed by atoms with Crippen molar-refractivity contribution >= 4 is 16.6 Å². The van der Waals surface area contributed by atoms with E-state index in [2.05, 4.69) is 6.92 Å². The maximum atomic E-state index is 6.42. The number of anilines is 1. The van der Waals surface area contributed by atoms with E-state index in [1.54, 1.807) is 0 Å². The Morgan fingerprint density at radius 1 is 1.24 bits per heavy atom. The summed E-state index contributed by atoms with van der Waals surface area (Å²) in [6, 6.07) is 6.06. The Balaban J connectivity index is 2.05. The maximum Gasteiger partial charge on any atom is 0.131 e. The molecule has 0 bridgehead atoms. The molecule has 0 radical (unpaired) electrons. The molecule has 112 valence electrons. The first-order chi connectivity index (χ1) is 10.2. The van der Waals surface area contributed by atoms with Crippen molar-refractivity contribution in [2.24, 2.45) is 0 Å². The van der Waals surface area contributed by atoms with Crippen LogP contribution in [0.1, 0.15) is 50.3 Å². The average Bonchev–Trinajstić information content (AvgIpc) is 2.48. The van der Waals surface area contributed by atoms with E-state index in [1.807, 2.05) is 25.1 Å². The van der Waals surface area contributed by atoms with Gasteiger partial charge >= 0.3 is 0 Å². The zero-order chi connectivity index (χ0) is 14.8. The number of fused-ring (bicyclic) bond motifs is 1. The van der Waals surface area contributed by atoms with Crippen molar-refractivity contribution in [2.75, 3.05) is 5.73 Å². The summed E-state index contributed by atoms with van der Waals surface area (Å²) in [6.07, 6.45) is 7.39. The summed E-state index contributed by atoms with van der Waals surface area (Å²) in [5, 5.41) is 0.991. The van der Waals surface area contributed by atoms with Crippen molar-refractivity contribution in [1.82, 2.24) is 4.98 Å². The van der Waals surface area contributed by atoms with Crippen LogP contribution < -0.4 is 10.5 Å². The van der Waals surface area contributed by atoms with Crippen molar-refractivity contribution in [1.29, 1.82) is 0 Å². The quantitative estimate of drug-likeness (QED) is 0.908. The monoisotopic (exact) mass is 284 g/mol. The van der Waals surface area contributed by atoms with Crippen LogP contribution in [0.4, 0.5) is 5.69 Å². The molecular formula is C18H24N2O. The van der Waals surface area contributed by atoms with E-state index in [0.717, 1.165) is 52.9 Å². The first-order valence-electron chi connectivity index (χ1n) is 8.05. The average molecular weight is 284 g/mol. The molecule has 0 amide bonds. The highest BCUT2D eigenvalue weighted by Crippen LogP contribution is 2.35. The number of ether oxygens (including phenoxy) is 1. The second-order valence-corrected chi connectivity index (χ2v) is 5.97. The van der Waals surface area contributed by atoms with Gasteiger partial charge in [-0.3, -0.25) is 4.98 Å². The lowest BCUT2D eigenvalue weighted by Crippen LogP contribution is -2.20. The fourth-order valence-electron chi connectivity index (χ4n) is 3.38. The number of nitrogen functional groups attached to an aromatic ring is 1. The van der Waals surface area contributed by atoms with Crippen LogP contribution in [0.3, 0.4) is 0 Å². The van der Waals surface area contributed by atoms with Crippen LogP contribution in [0.15, 0.2) is 18.2 Å². The Bertz CT molecular complexity index is 645. The highest BCUT2D eigenvalue weighted by Gasteiger charge is 2.18. The Morgan fingerprint density at radius 2 is 2.00 bits per heavy atom. The highest BCUT2D eigenvalue weighted by atomic mass is 16.5. The van der Waals surface area contributed by atoms with Gasteiger partial charge in [0.15, 0.2) is 0 Å². The molecular weight excluding hydrogens is 260 g/mol. The van der Waals surface area contributed by atoms with Gasteiger partial charge < -0.3 is 10.5 Å². The molecule has 2 aromatic rings. The van der Waals surface area contributed by atoms with Gasteiger partial charge in [-0.2, -0.15) is 0 Å². The molecule has 2 N–H and O–H groups in total. The third kappa shape index (κ3) is 2.69. The van der Waals surface area contributed by atoms with Gasteiger partial charge in [-0.25, -0.2) is 0 Å². The molecule has 3 heteroatoms. The minimum absolute atomic E-state index is 0.329. The third-order valence-corrected chi connectivity index (χ3v) is 4.52. The largest absolute Gasteiger partial charge is 0.490 e. The number of nitrogens with zero attached hydrogens (tertiary/aromatic N) is 1. The molecule has 1 aliphatic rings. The Morgan fingerprint density at radius 3 is 2.71 bits per heavy atom. The minimum atomic E-state index is 0.329. The summed E-state index contributed by atoms with van der Waals surface area (Å²) in [7, 11) is 0. The zero-order valence-corrected chi connectivity index (χ0v) is 13.0. The highest BCUT2D eigenvalue weighted by molar-refractivity contribution is 5.97. The van der Waals surface area contributed by atoms with Crippen LogP contribution in [0.5, 0.6) is 5.75 Å². The van der Waals surface area contributed by atoms with Gasteiger partial charge in [0, 0.05) is 11.4 Å². The van der Waals surface area contributed by atoms with Crippen molar-refractivity contribution in [3.05, 3.63) is 29.5 Å². The Labute approximate surface area is 126 Å². The van der Waals surface area contributed by atoms with E-state index in [9.17, 15) is 0 Å².